The third kappa shape index (κ3) is 3.12. The quantitative estimate of drug-likeness (QED) is 0.648. The largest absolute Gasteiger partial charge is 0.462 e. The van der Waals surface area contributed by atoms with Crippen LogP contribution in [-0.2, 0) is 4.74 Å². The van der Waals surface area contributed by atoms with Gasteiger partial charge in [0.1, 0.15) is 11.6 Å². The Morgan fingerprint density at radius 3 is 2.33 bits per heavy atom. The molecule has 1 aromatic carbocycles. The maximum atomic E-state index is 13.7. The van der Waals surface area contributed by atoms with Gasteiger partial charge in [0.25, 0.3) is 0 Å². The van der Waals surface area contributed by atoms with E-state index in [2.05, 4.69) is 4.74 Å². The van der Waals surface area contributed by atoms with Crippen LogP contribution in [0.3, 0.4) is 0 Å². The van der Waals surface area contributed by atoms with Crippen LogP contribution >= 0.6 is 0 Å². The smallest absolute Gasteiger partial charge is 0.341 e. The molecule has 0 atom stereocenters. The lowest BCUT2D eigenvalue weighted by Gasteiger charge is -2.08. The van der Waals surface area contributed by atoms with Gasteiger partial charge in [-0.15, -0.1) is 0 Å². The molecule has 1 aromatic rings. The molecular formula is C13H15F2NO2. The lowest BCUT2D eigenvalue weighted by Crippen LogP contribution is -2.11. The van der Waals surface area contributed by atoms with E-state index in [1.54, 1.807) is 6.92 Å². The van der Waals surface area contributed by atoms with E-state index in [1.165, 1.54) is 0 Å². The number of halogens is 2. The zero-order valence-electron chi connectivity index (χ0n) is 10.3. The minimum Gasteiger partial charge on any atom is -0.462 e. The number of ether oxygens (including phenoxy) is 1. The number of carbonyl (C=O) groups is 1. The maximum Gasteiger partial charge on any atom is 0.341 e. The van der Waals surface area contributed by atoms with Crippen LogP contribution in [0.1, 0.15) is 42.6 Å². The third-order valence-electron chi connectivity index (χ3n) is 2.38. The molecule has 0 spiro atoms. The molecule has 0 saturated carbocycles. The second-order valence-electron chi connectivity index (χ2n) is 3.76. The Kier molecular flexibility index (Phi) is 4.95. The van der Waals surface area contributed by atoms with Crippen molar-refractivity contribution in [2.75, 3.05) is 6.61 Å². The molecule has 0 bridgehead atoms. The topological polar surface area (TPSA) is 50.2 Å². The van der Waals surface area contributed by atoms with Crippen LogP contribution in [0.5, 0.6) is 0 Å². The highest BCUT2D eigenvalue weighted by atomic mass is 19.1. The van der Waals surface area contributed by atoms with Crippen molar-refractivity contribution in [2.45, 2.75) is 26.7 Å². The van der Waals surface area contributed by atoms with Gasteiger partial charge >= 0.3 is 5.97 Å². The fourth-order valence-corrected chi connectivity index (χ4v) is 1.53. The maximum absolute atomic E-state index is 13.7. The zero-order valence-corrected chi connectivity index (χ0v) is 10.3. The van der Waals surface area contributed by atoms with Crippen molar-refractivity contribution in [1.82, 2.24) is 0 Å². The lowest BCUT2D eigenvalue weighted by molar-refractivity contribution is 0.0520. The first-order valence-corrected chi connectivity index (χ1v) is 5.75. The summed E-state index contributed by atoms with van der Waals surface area (Å²) in [7, 11) is 0. The van der Waals surface area contributed by atoms with Gasteiger partial charge in [0.2, 0.25) is 0 Å². The number of rotatable bonds is 5. The van der Waals surface area contributed by atoms with Crippen LogP contribution in [0.25, 0.3) is 0 Å². The van der Waals surface area contributed by atoms with Gasteiger partial charge < -0.3 is 10.1 Å². The summed E-state index contributed by atoms with van der Waals surface area (Å²) in [4.78, 5) is 11.3. The van der Waals surface area contributed by atoms with Gasteiger partial charge in [-0.2, -0.15) is 0 Å². The molecule has 0 heterocycles. The summed E-state index contributed by atoms with van der Waals surface area (Å²) in [6.07, 6.45) is 1.02. The Labute approximate surface area is 104 Å². The van der Waals surface area contributed by atoms with Crippen LogP contribution in [0, 0.1) is 17.0 Å². The number of nitrogens with one attached hydrogen (secondary N) is 1. The van der Waals surface area contributed by atoms with Gasteiger partial charge in [-0.3, -0.25) is 0 Å². The summed E-state index contributed by atoms with van der Waals surface area (Å²) >= 11 is 0. The number of hydrogen-bond acceptors (Lipinski definition) is 3. The number of benzene rings is 1. The molecule has 18 heavy (non-hydrogen) atoms. The summed E-state index contributed by atoms with van der Waals surface area (Å²) in [5, 5.41) is 7.60. The molecule has 0 aliphatic heterocycles. The van der Waals surface area contributed by atoms with E-state index in [4.69, 9.17) is 5.41 Å². The first-order valence-electron chi connectivity index (χ1n) is 5.75. The predicted molar refractivity (Wildman–Crippen MR) is 64.1 cm³/mol. The van der Waals surface area contributed by atoms with Gasteiger partial charge in [-0.25, -0.2) is 13.6 Å². The normalized spacial score (nSPS) is 10.2. The highest BCUT2D eigenvalue weighted by Crippen LogP contribution is 2.18. The molecule has 0 aromatic heterocycles. The van der Waals surface area contributed by atoms with Crippen LogP contribution in [0.2, 0.25) is 0 Å². The molecular weight excluding hydrogens is 240 g/mol. The summed E-state index contributed by atoms with van der Waals surface area (Å²) < 4.78 is 31.9. The van der Waals surface area contributed by atoms with Crippen LogP contribution in [-0.4, -0.2) is 18.3 Å². The molecule has 98 valence electrons. The summed E-state index contributed by atoms with van der Waals surface area (Å²) in [5.41, 5.74) is -0.533. The molecule has 3 nitrogen and oxygen atoms in total. The van der Waals surface area contributed by atoms with Crippen molar-refractivity contribution in [1.29, 1.82) is 5.41 Å². The molecule has 0 unspecified atom stereocenters. The van der Waals surface area contributed by atoms with E-state index >= 15 is 0 Å². The molecule has 5 heteroatoms. The van der Waals surface area contributed by atoms with Crippen molar-refractivity contribution >= 4 is 11.7 Å². The first-order chi connectivity index (χ1) is 8.51. The van der Waals surface area contributed by atoms with Crippen molar-refractivity contribution in [3.05, 3.63) is 34.9 Å². The Morgan fingerprint density at radius 2 is 1.78 bits per heavy atom. The third-order valence-corrected chi connectivity index (χ3v) is 2.38. The SMILES string of the molecule is CCCC(=N)c1cc(F)c(C(=O)OCC)cc1F. The molecule has 0 fully saturated rings. The monoisotopic (exact) mass is 255 g/mol. The zero-order chi connectivity index (χ0) is 13.7. The fourth-order valence-electron chi connectivity index (χ4n) is 1.53. The molecule has 0 aliphatic carbocycles. The minimum absolute atomic E-state index is 0.0179. The Bertz CT molecular complexity index is 429. The molecule has 1 rings (SSSR count). The van der Waals surface area contributed by atoms with E-state index in [0.717, 1.165) is 12.1 Å². The number of carbonyl (C=O) groups excluding carboxylic acids is 1. The average Bonchev–Trinajstić information content (AvgIpc) is 2.32. The molecule has 0 radical (unpaired) electrons. The Balaban J connectivity index is 3.11. The second kappa shape index (κ2) is 6.23. The first kappa shape index (κ1) is 14.3. The minimum atomic E-state index is -0.900. The summed E-state index contributed by atoms with van der Waals surface area (Å²) in [5.74, 6) is -2.55. The Morgan fingerprint density at radius 1 is 1.22 bits per heavy atom. The number of esters is 1. The standard InChI is InChI=1S/C13H15F2NO2/c1-3-5-12(16)8-6-11(15)9(7-10(8)14)13(17)18-4-2/h6-7,16H,3-5H2,1-2H3. The lowest BCUT2D eigenvalue weighted by atomic mass is 10.0. The average molecular weight is 255 g/mol. The summed E-state index contributed by atoms with van der Waals surface area (Å²) in [6, 6.07) is 1.66. The van der Waals surface area contributed by atoms with Gasteiger partial charge in [0.05, 0.1) is 12.2 Å². The van der Waals surface area contributed by atoms with Gasteiger partial charge in [-0.05, 0) is 25.5 Å². The Hall–Kier alpha value is -1.78. The van der Waals surface area contributed by atoms with Crippen LogP contribution in [0.4, 0.5) is 8.78 Å². The van der Waals surface area contributed by atoms with Crippen LogP contribution in [0.15, 0.2) is 12.1 Å². The highest BCUT2D eigenvalue weighted by Gasteiger charge is 2.18. The van der Waals surface area contributed by atoms with Crippen molar-refractivity contribution in [3.63, 3.8) is 0 Å². The van der Waals surface area contributed by atoms with Crippen LogP contribution < -0.4 is 0 Å². The second-order valence-corrected chi connectivity index (χ2v) is 3.76. The predicted octanol–water partition coefficient (Wildman–Crippen LogP) is 3.31. The molecule has 1 N–H and O–H groups in total. The van der Waals surface area contributed by atoms with E-state index in [-0.39, 0.29) is 17.9 Å². The van der Waals surface area contributed by atoms with E-state index in [0.29, 0.717) is 12.8 Å². The highest BCUT2D eigenvalue weighted by molar-refractivity contribution is 5.99. The fraction of sp³-hybridized carbons (Fsp3) is 0.385. The van der Waals surface area contributed by atoms with Crippen molar-refractivity contribution in [3.8, 4) is 0 Å². The van der Waals surface area contributed by atoms with Crippen molar-refractivity contribution in [2.24, 2.45) is 0 Å². The van der Waals surface area contributed by atoms with Gasteiger partial charge in [-0.1, -0.05) is 13.3 Å². The van der Waals surface area contributed by atoms with E-state index in [9.17, 15) is 13.6 Å². The molecule has 0 aliphatic rings. The molecule has 0 amide bonds. The van der Waals surface area contributed by atoms with E-state index < -0.39 is 23.2 Å². The van der Waals surface area contributed by atoms with Gasteiger partial charge in [0, 0.05) is 11.3 Å². The van der Waals surface area contributed by atoms with Gasteiger partial charge in [0.15, 0.2) is 0 Å². The summed E-state index contributed by atoms with van der Waals surface area (Å²) in [6.45, 7) is 3.51. The molecule has 0 saturated heterocycles. The van der Waals surface area contributed by atoms with E-state index in [1.807, 2.05) is 6.92 Å². The van der Waals surface area contributed by atoms with Crippen molar-refractivity contribution < 1.29 is 18.3 Å². The number of hydrogen-bond donors (Lipinski definition) is 1.